The van der Waals surface area contributed by atoms with Gasteiger partial charge in [-0.2, -0.15) is 0 Å². The smallest absolute Gasteiger partial charge is 0.287 e. The molecule has 0 saturated heterocycles. The molecule has 1 atom stereocenters. The van der Waals surface area contributed by atoms with E-state index in [0.29, 0.717) is 11.0 Å². The highest BCUT2D eigenvalue weighted by molar-refractivity contribution is 7.10. The molecule has 2 heterocycles. The molecule has 0 aliphatic carbocycles. The second kappa shape index (κ2) is 5.54. The molecular weight excluding hydrogens is 286 g/mol. The topological polar surface area (TPSA) is 59.3 Å². The molecule has 0 spiro atoms. The summed E-state index contributed by atoms with van der Waals surface area (Å²) in [6.45, 7) is 1.89. The van der Waals surface area contributed by atoms with E-state index in [1.807, 2.05) is 24.4 Å². The molecule has 21 heavy (non-hydrogen) atoms. The average Bonchev–Trinajstić information content (AvgIpc) is 3.01. The van der Waals surface area contributed by atoms with Gasteiger partial charge in [0.25, 0.3) is 5.91 Å². The van der Waals surface area contributed by atoms with Gasteiger partial charge in [0.1, 0.15) is 5.58 Å². The molecule has 1 amide bonds. The van der Waals surface area contributed by atoms with Crippen LogP contribution in [0.1, 0.15) is 28.4 Å². The van der Waals surface area contributed by atoms with Crippen molar-refractivity contribution in [2.24, 2.45) is 0 Å². The summed E-state index contributed by atoms with van der Waals surface area (Å²) in [5.74, 6) is -0.360. The molecule has 1 N–H and O–H groups in total. The van der Waals surface area contributed by atoms with Crippen molar-refractivity contribution < 1.29 is 9.21 Å². The van der Waals surface area contributed by atoms with Crippen LogP contribution in [0.15, 0.2) is 57.1 Å². The summed E-state index contributed by atoms with van der Waals surface area (Å²) in [6, 6.07) is 11.9. The normalized spacial score (nSPS) is 12.2. The minimum atomic E-state index is -0.390. The van der Waals surface area contributed by atoms with Gasteiger partial charge in [-0.05, 0) is 30.5 Å². The van der Waals surface area contributed by atoms with E-state index in [2.05, 4.69) is 5.32 Å². The van der Waals surface area contributed by atoms with Gasteiger partial charge in [0.05, 0.1) is 11.4 Å². The zero-order valence-corrected chi connectivity index (χ0v) is 12.1. The van der Waals surface area contributed by atoms with E-state index < -0.39 is 5.91 Å². The maximum Gasteiger partial charge on any atom is 0.287 e. The average molecular weight is 299 g/mol. The molecule has 5 heteroatoms. The van der Waals surface area contributed by atoms with Crippen LogP contribution in [0.4, 0.5) is 0 Å². The van der Waals surface area contributed by atoms with Gasteiger partial charge >= 0.3 is 0 Å². The molecule has 0 radical (unpaired) electrons. The van der Waals surface area contributed by atoms with Gasteiger partial charge in [-0.25, -0.2) is 0 Å². The van der Waals surface area contributed by atoms with Crippen molar-refractivity contribution in [1.29, 1.82) is 0 Å². The molecule has 1 aromatic carbocycles. The van der Waals surface area contributed by atoms with E-state index in [9.17, 15) is 9.59 Å². The number of amides is 1. The number of carbonyl (C=O) groups is 1. The van der Waals surface area contributed by atoms with E-state index in [0.717, 1.165) is 4.88 Å². The molecule has 4 nitrogen and oxygen atoms in total. The van der Waals surface area contributed by atoms with E-state index in [1.54, 1.807) is 35.6 Å². The monoisotopic (exact) mass is 299 g/mol. The summed E-state index contributed by atoms with van der Waals surface area (Å²) in [4.78, 5) is 25.2. The summed E-state index contributed by atoms with van der Waals surface area (Å²) in [5.41, 5.74) is 0.199. The lowest BCUT2D eigenvalue weighted by Gasteiger charge is -2.11. The molecule has 3 aromatic rings. The highest BCUT2D eigenvalue weighted by Crippen LogP contribution is 2.19. The highest BCUT2D eigenvalue weighted by atomic mass is 32.1. The number of fused-ring (bicyclic) bond motifs is 1. The minimum Gasteiger partial charge on any atom is -0.451 e. The predicted octanol–water partition coefficient (Wildman–Crippen LogP) is 3.35. The Balaban J connectivity index is 1.90. The molecule has 2 aromatic heterocycles. The van der Waals surface area contributed by atoms with Crippen molar-refractivity contribution in [2.75, 3.05) is 0 Å². The quantitative estimate of drug-likeness (QED) is 0.807. The van der Waals surface area contributed by atoms with Crippen LogP contribution in [-0.2, 0) is 0 Å². The van der Waals surface area contributed by atoms with E-state index in [1.165, 1.54) is 6.07 Å². The molecule has 106 valence electrons. The summed E-state index contributed by atoms with van der Waals surface area (Å²) in [7, 11) is 0. The number of rotatable bonds is 3. The Morgan fingerprint density at radius 1 is 1.24 bits per heavy atom. The Kier molecular flexibility index (Phi) is 3.58. The predicted molar refractivity (Wildman–Crippen MR) is 82.7 cm³/mol. The fourth-order valence-corrected chi connectivity index (χ4v) is 2.83. The summed E-state index contributed by atoms with van der Waals surface area (Å²) >= 11 is 1.57. The number of benzene rings is 1. The molecule has 1 unspecified atom stereocenters. The second-order valence-corrected chi connectivity index (χ2v) is 5.66. The summed E-state index contributed by atoms with van der Waals surface area (Å²) in [5, 5.41) is 5.25. The maximum atomic E-state index is 12.2. The number of nitrogens with one attached hydrogen (secondary N) is 1. The number of hydrogen-bond acceptors (Lipinski definition) is 4. The Hall–Kier alpha value is -2.40. The molecule has 0 saturated carbocycles. The van der Waals surface area contributed by atoms with Crippen molar-refractivity contribution in [3.05, 3.63) is 68.7 Å². The van der Waals surface area contributed by atoms with Crippen molar-refractivity contribution in [3.8, 4) is 0 Å². The van der Waals surface area contributed by atoms with Crippen LogP contribution < -0.4 is 10.7 Å². The van der Waals surface area contributed by atoms with Crippen molar-refractivity contribution in [2.45, 2.75) is 13.0 Å². The van der Waals surface area contributed by atoms with Gasteiger partial charge in [0.15, 0.2) is 11.2 Å². The largest absolute Gasteiger partial charge is 0.451 e. The first kappa shape index (κ1) is 13.6. The molecule has 0 bridgehead atoms. The molecule has 0 aliphatic rings. The van der Waals surface area contributed by atoms with Crippen LogP contribution in [0.2, 0.25) is 0 Å². The lowest BCUT2D eigenvalue weighted by Crippen LogP contribution is -2.26. The van der Waals surface area contributed by atoms with E-state index >= 15 is 0 Å². The summed E-state index contributed by atoms with van der Waals surface area (Å²) < 4.78 is 5.51. The van der Waals surface area contributed by atoms with Gasteiger partial charge in [0.2, 0.25) is 0 Å². The second-order valence-electron chi connectivity index (χ2n) is 4.68. The lowest BCUT2D eigenvalue weighted by molar-refractivity contribution is 0.0913. The van der Waals surface area contributed by atoms with Crippen LogP contribution in [-0.4, -0.2) is 5.91 Å². The maximum absolute atomic E-state index is 12.2. The number of thiophene rings is 1. The Bertz CT molecular complexity index is 836. The van der Waals surface area contributed by atoms with Gasteiger partial charge in [0, 0.05) is 10.9 Å². The molecular formula is C16H13NO3S. The lowest BCUT2D eigenvalue weighted by atomic mass is 10.2. The Morgan fingerprint density at radius 3 is 2.81 bits per heavy atom. The molecule has 3 rings (SSSR count). The zero-order chi connectivity index (χ0) is 14.8. The van der Waals surface area contributed by atoms with Crippen LogP contribution in [0.25, 0.3) is 11.0 Å². The fraction of sp³-hybridized carbons (Fsp3) is 0.125. The van der Waals surface area contributed by atoms with Crippen LogP contribution in [0.3, 0.4) is 0 Å². The van der Waals surface area contributed by atoms with Crippen LogP contribution in [0, 0.1) is 0 Å². The third-order valence-corrected chi connectivity index (χ3v) is 4.23. The first-order chi connectivity index (χ1) is 10.1. The van der Waals surface area contributed by atoms with E-state index in [4.69, 9.17) is 4.42 Å². The van der Waals surface area contributed by atoms with Gasteiger partial charge in [-0.1, -0.05) is 18.2 Å². The molecule has 0 fully saturated rings. The number of carbonyl (C=O) groups excluding carboxylic acids is 1. The Labute approximate surface area is 125 Å². The number of hydrogen-bond donors (Lipinski definition) is 1. The summed E-state index contributed by atoms with van der Waals surface area (Å²) in [6.07, 6.45) is 0. The number of para-hydroxylation sites is 1. The fourth-order valence-electron chi connectivity index (χ4n) is 2.09. The minimum absolute atomic E-state index is 0.0297. The standard InChI is InChI=1S/C16H13NO3S/c1-10(15-7-4-8-21-15)17-16(19)14-9-12(18)11-5-2-3-6-13(11)20-14/h2-10H,1H3,(H,17,19). The van der Waals surface area contributed by atoms with Crippen molar-refractivity contribution in [1.82, 2.24) is 5.32 Å². The first-order valence-corrected chi connectivity index (χ1v) is 7.40. The van der Waals surface area contributed by atoms with Gasteiger partial charge in [-0.3, -0.25) is 9.59 Å². The SMILES string of the molecule is CC(NC(=O)c1cc(=O)c2ccccc2o1)c1cccs1. The first-order valence-electron chi connectivity index (χ1n) is 6.52. The zero-order valence-electron chi connectivity index (χ0n) is 11.3. The van der Waals surface area contributed by atoms with Crippen LogP contribution >= 0.6 is 11.3 Å². The van der Waals surface area contributed by atoms with Crippen molar-refractivity contribution >= 4 is 28.2 Å². The molecule has 0 aliphatic heterocycles. The highest BCUT2D eigenvalue weighted by Gasteiger charge is 2.15. The van der Waals surface area contributed by atoms with Gasteiger partial charge in [-0.15, -0.1) is 11.3 Å². The Morgan fingerprint density at radius 2 is 2.05 bits per heavy atom. The van der Waals surface area contributed by atoms with E-state index in [-0.39, 0.29) is 17.2 Å². The van der Waals surface area contributed by atoms with Crippen LogP contribution in [0.5, 0.6) is 0 Å². The third kappa shape index (κ3) is 2.73. The van der Waals surface area contributed by atoms with Crippen molar-refractivity contribution in [3.63, 3.8) is 0 Å². The van der Waals surface area contributed by atoms with Gasteiger partial charge < -0.3 is 9.73 Å². The third-order valence-electron chi connectivity index (χ3n) is 3.18.